The Hall–Kier alpha value is -3.49. The van der Waals surface area contributed by atoms with E-state index >= 15 is 0 Å². The normalized spacial score (nSPS) is 10.9. The summed E-state index contributed by atoms with van der Waals surface area (Å²) in [5.41, 5.74) is 2.39. The van der Waals surface area contributed by atoms with Crippen molar-refractivity contribution >= 4 is 49.4 Å². The van der Waals surface area contributed by atoms with E-state index in [1.807, 2.05) is 66.7 Å². The van der Waals surface area contributed by atoms with Gasteiger partial charge in [0, 0.05) is 28.4 Å². The number of ether oxygens (including phenoxy) is 2. The molecule has 170 valence electrons. The van der Waals surface area contributed by atoms with Crippen molar-refractivity contribution in [3.63, 3.8) is 0 Å². The third-order valence-corrected chi connectivity index (χ3v) is 5.78. The van der Waals surface area contributed by atoms with E-state index in [4.69, 9.17) is 9.47 Å². The number of nitro groups is 1. The smallest absolute Gasteiger partial charge is 0.269 e. The first kappa shape index (κ1) is 23.7. The van der Waals surface area contributed by atoms with Gasteiger partial charge in [-0.3, -0.25) is 15.1 Å². The van der Waals surface area contributed by atoms with Crippen LogP contribution in [-0.2, 0) is 6.61 Å². The van der Waals surface area contributed by atoms with Gasteiger partial charge in [0.1, 0.15) is 23.9 Å². The van der Waals surface area contributed by atoms with E-state index in [1.165, 1.54) is 12.1 Å². The summed E-state index contributed by atoms with van der Waals surface area (Å²) in [5.74, 6) is 2.12. The quantitative estimate of drug-likeness (QED) is 0.119. The molecule has 4 aromatic carbocycles. The van der Waals surface area contributed by atoms with Crippen molar-refractivity contribution in [1.82, 2.24) is 0 Å². The predicted octanol–water partition coefficient (Wildman–Crippen LogP) is 8.24. The first-order valence-corrected chi connectivity index (χ1v) is 11.8. The third kappa shape index (κ3) is 6.30. The number of hydrogen-bond donors (Lipinski definition) is 0. The highest BCUT2D eigenvalue weighted by Crippen LogP contribution is 2.33. The van der Waals surface area contributed by atoms with Crippen LogP contribution in [0.2, 0.25) is 0 Å². The lowest BCUT2D eigenvalue weighted by molar-refractivity contribution is -0.384. The summed E-state index contributed by atoms with van der Waals surface area (Å²) in [4.78, 5) is 15.0. The van der Waals surface area contributed by atoms with Gasteiger partial charge in [-0.1, -0.05) is 34.1 Å². The monoisotopic (exact) mass is 580 g/mol. The number of para-hydroxylation sites is 1. The zero-order valence-electron chi connectivity index (χ0n) is 17.7. The minimum absolute atomic E-state index is 0.0431. The lowest BCUT2D eigenvalue weighted by Gasteiger charge is -2.12. The van der Waals surface area contributed by atoms with E-state index in [0.29, 0.717) is 5.75 Å². The van der Waals surface area contributed by atoms with Crippen molar-refractivity contribution < 1.29 is 14.4 Å². The highest BCUT2D eigenvalue weighted by molar-refractivity contribution is 9.11. The van der Waals surface area contributed by atoms with Crippen LogP contribution in [0.5, 0.6) is 17.2 Å². The number of nitro benzene ring substituents is 1. The second-order valence-corrected chi connectivity index (χ2v) is 8.96. The molecular weight excluding hydrogens is 564 g/mol. The van der Waals surface area contributed by atoms with Crippen molar-refractivity contribution in [3.05, 3.63) is 121 Å². The van der Waals surface area contributed by atoms with Gasteiger partial charge in [0.25, 0.3) is 5.69 Å². The first-order valence-electron chi connectivity index (χ1n) is 10.2. The molecule has 0 aliphatic heterocycles. The van der Waals surface area contributed by atoms with E-state index in [9.17, 15) is 10.1 Å². The molecule has 0 saturated heterocycles. The summed E-state index contributed by atoms with van der Waals surface area (Å²) in [6.07, 6.45) is 1.73. The summed E-state index contributed by atoms with van der Waals surface area (Å²) in [6, 6.07) is 27.1. The molecule has 0 unspecified atom stereocenters. The number of benzene rings is 4. The molecule has 0 heterocycles. The largest absolute Gasteiger partial charge is 0.487 e. The Kier molecular flexibility index (Phi) is 7.72. The number of nitrogens with zero attached hydrogens (tertiary/aromatic N) is 2. The van der Waals surface area contributed by atoms with E-state index in [2.05, 4.69) is 36.9 Å². The van der Waals surface area contributed by atoms with Gasteiger partial charge in [-0.15, -0.1) is 0 Å². The number of hydrogen-bond acceptors (Lipinski definition) is 5. The highest BCUT2D eigenvalue weighted by Gasteiger charge is 2.11. The molecule has 0 atom stereocenters. The third-order valence-electron chi connectivity index (χ3n) is 4.74. The number of aliphatic imine (C=N–C) groups is 1. The Morgan fingerprint density at radius 3 is 2.24 bits per heavy atom. The Bertz CT molecular complexity index is 1310. The molecular formula is C26H18Br2N2O4. The Morgan fingerprint density at radius 2 is 1.56 bits per heavy atom. The summed E-state index contributed by atoms with van der Waals surface area (Å²) < 4.78 is 13.5. The average Bonchev–Trinajstić information content (AvgIpc) is 2.84. The van der Waals surface area contributed by atoms with Crippen LogP contribution in [0.25, 0.3) is 0 Å². The average molecular weight is 582 g/mol. The SMILES string of the molecule is O=[N+]([O-])c1ccc(COc2c(Br)cc(Br)cc2C=Nc2ccc(Oc3ccccc3)cc2)cc1. The van der Waals surface area contributed by atoms with Crippen molar-refractivity contribution in [2.45, 2.75) is 6.61 Å². The molecule has 34 heavy (non-hydrogen) atoms. The Labute approximate surface area is 213 Å². The molecule has 0 saturated carbocycles. The van der Waals surface area contributed by atoms with Crippen LogP contribution in [0.15, 0.2) is 105 Å². The molecule has 0 fully saturated rings. The Morgan fingerprint density at radius 1 is 0.882 bits per heavy atom. The zero-order chi connectivity index (χ0) is 23.9. The minimum Gasteiger partial charge on any atom is -0.487 e. The van der Waals surface area contributed by atoms with E-state index < -0.39 is 4.92 Å². The van der Waals surface area contributed by atoms with Crippen molar-refractivity contribution in [3.8, 4) is 17.2 Å². The maximum absolute atomic E-state index is 10.8. The molecule has 4 rings (SSSR count). The fourth-order valence-corrected chi connectivity index (χ4v) is 4.44. The highest BCUT2D eigenvalue weighted by atomic mass is 79.9. The van der Waals surface area contributed by atoms with Crippen molar-refractivity contribution in [2.24, 2.45) is 4.99 Å². The summed E-state index contributed by atoms with van der Waals surface area (Å²) >= 11 is 7.05. The van der Waals surface area contributed by atoms with Gasteiger partial charge in [-0.25, -0.2) is 0 Å². The first-order chi connectivity index (χ1) is 16.5. The summed E-state index contributed by atoms with van der Waals surface area (Å²) in [5, 5.41) is 10.8. The van der Waals surface area contributed by atoms with Crippen LogP contribution in [0.3, 0.4) is 0 Å². The van der Waals surface area contributed by atoms with E-state index in [1.54, 1.807) is 18.3 Å². The van der Waals surface area contributed by atoms with Gasteiger partial charge >= 0.3 is 0 Å². The fraction of sp³-hybridized carbons (Fsp3) is 0.0385. The lowest BCUT2D eigenvalue weighted by Crippen LogP contribution is -2.00. The van der Waals surface area contributed by atoms with E-state index in [-0.39, 0.29) is 12.3 Å². The summed E-state index contributed by atoms with van der Waals surface area (Å²) in [6.45, 7) is 0.255. The molecule has 0 spiro atoms. The molecule has 4 aromatic rings. The number of non-ortho nitro benzene ring substituents is 1. The number of rotatable bonds is 8. The van der Waals surface area contributed by atoms with Crippen LogP contribution in [0.1, 0.15) is 11.1 Å². The fourth-order valence-electron chi connectivity index (χ4n) is 3.07. The van der Waals surface area contributed by atoms with Crippen LogP contribution < -0.4 is 9.47 Å². The lowest BCUT2D eigenvalue weighted by atomic mass is 10.2. The van der Waals surface area contributed by atoms with Crippen LogP contribution in [0, 0.1) is 10.1 Å². The van der Waals surface area contributed by atoms with Crippen LogP contribution >= 0.6 is 31.9 Å². The molecule has 0 N–H and O–H groups in total. The second-order valence-electron chi connectivity index (χ2n) is 7.19. The molecule has 0 radical (unpaired) electrons. The van der Waals surface area contributed by atoms with Gasteiger partial charge in [0.2, 0.25) is 0 Å². The number of halogens is 2. The molecule has 6 nitrogen and oxygen atoms in total. The topological polar surface area (TPSA) is 74.0 Å². The second kappa shape index (κ2) is 11.1. The molecule has 0 amide bonds. The van der Waals surface area contributed by atoms with E-state index in [0.717, 1.165) is 37.3 Å². The van der Waals surface area contributed by atoms with Crippen molar-refractivity contribution in [2.75, 3.05) is 0 Å². The molecule has 0 bridgehead atoms. The van der Waals surface area contributed by atoms with Gasteiger partial charge in [0.15, 0.2) is 0 Å². The van der Waals surface area contributed by atoms with Crippen LogP contribution in [0.4, 0.5) is 11.4 Å². The van der Waals surface area contributed by atoms with Gasteiger partial charge in [-0.2, -0.15) is 0 Å². The van der Waals surface area contributed by atoms with Crippen LogP contribution in [-0.4, -0.2) is 11.1 Å². The molecule has 8 heteroatoms. The zero-order valence-corrected chi connectivity index (χ0v) is 20.9. The maximum atomic E-state index is 10.8. The summed E-state index contributed by atoms with van der Waals surface area (Å²) in [7, 11) is 0. The molecule has 0 aliphatic rings. The minimum atomic E-state index is -0.426. The predicted molar refractivity (Wildman–Crippen MR) is 139 cm³/mol. The standard InChI is InChI=1S/C26H18Br2N2O4/c27-20-14-19(16-29-21-8-12-24(13-9-21)34-23-4-2-1-3-5-23)26(25(28)15-20)33-17-18-6-10-22(11-7-18)30(31)32/h1-16H,17H2. The van der Waals surface area contributed by atoms with Gasteiger partial charge in [-0.05, 0) is 82.2 Å². The van der Waals surface area contributed by atoms with Gasteiger partial charge in [0.05, 0.1) is 15.1 Å². The molecule has 0 aliphatic carbocycles. The van der Waals surface area contributed by atoms with Crippen molar-refractivity contribution in [1.29, 1.82) is 0 Å². The molecule has 0 aromatic heterocycles. The Balaban J connectivity index is 1.48. The van der Waals surface area contributed by atoms with Gasteiger partial charge < -0.3 is 9.47 Å². The maximum Gasteiger partial charge on any atom is 0.269 e.